The molecule has 0 bridgehead atoms. The summed E-state index contributed by atoms with van der Waals surface area (Å²) in [6.45, 7) is 3.15. The lowest BCUT2D eigenvalue weighted by atomic mass is 10.1. The van der Waals surface area contributed by atoms with E-state index in [9.17, 15) is 4.79 Å². The first-order chi connectivity index (χ1) is 14.3. The first-order valence-corrected chi connectivity index (χ1v) is 10.3. The Morgan fingerprint density at radius 3 is 2.79 bits per heavy atom. The van der Waals surface area contributed by atoms with Gasteiger partial charge >= 0.3 is 0 Å². The average Bonchev–Trinajstić information content (AvgIpc) is 3.40. The highest BCUT2D eigenvalue weighted by Gasteiger charge is 2.26. The summed E-state index contributed by atoms with van der Waals surface area (Å²) in [4.78, 5) is 23.6. The number of fused-ring (bicyclic) bond motifs is 1. The molecule has 2 aliphatic heterocycles. The average molecular weight is 405 g/mol. The number of anilines is 3. The number of rotatable bonds is 4. The van der Waals surface area contributed by atoms with E-state index in [1.165, 1.54) is 0 Å². The van der Waals surface area contributed by atoms with Crippen molar-refractivity contribution in [2.75, 3.05) is 41.8 Å². The summed E-state index contributed by atoms with van der Waals surface area (Å²) in [5.41, 5.74) is 4.26. The predicted molar refractivity (Wildman–Crippen MR) is 115 cm³/mol. The molecule has 29 heavy (non-hydrogen) atoms. The van der Waals surface area contributed by atoms with E-state index < -0.39 is 0 Å². The van der Waals surface area contributed by atoms with Crippen LogP contribution in [0.2, 0.25) is 0 Å². The number of thiophene rings is 1. The number of hydrogen-bond acceptors (Lipinski definition) is 7. The molecular weight excluding hydrogens is 386 g/mol. The van der Waals surface area contributed by atoms with Gasteiger partial charge in [-0.05, 0) is 40.6 Å². The van der Waals surface area contributed by atoms with Crippen LogP contribution in [-0.2, 0) is 9.53 Å². The number of nitrogens with one attached hydrogen (secondary N) is 2. The van der Waals surface area contributed by atoms with Gasteiger partial charge in [-0.25, -0.2) is 9.97 Å². The molecule has 1 amide bonds. The molecule has 0 aliphatic carbocycles. The van der Waals surface area contributed by atoms with Crippen molar-refractivity contribution in [1.29, 1.82) is 0 Å². The third-order valence-corrected chi connectivity index (χ3v) is 5.66. The smallest absolute Gasteiger partial charge is 0.259 e. The van der Waals surface area contributed by atoms with Crippen LogP contribution in [0.1, 0.15) is 5.56 Å². The summed E-state index contributed by atoms with van der Waals surface area (Å²) in [5, 5.41) is 10.1. The van der Waals surface area contributed by atoms with Crippen molar-refractivity contribution >= 4 is 40.1 Å². The van der Waals surface area contributed by atoms with Crippen molar-refractivity contribution in [3.63, 3.8) is 0 Å². The van der Waals surface area contributed by atoms with Gasteiger partial charge < -0.3 is 20.3 Å². The van der Waals surface area contributed by atoms with Crippen molar-refractivity contribution in [3.05, 3.63) is 59.2 Å². The van der Waals surface area contributed by atoms with E-state index in [4.69, 9.17) is 4.74 Å². The number of amides is 1. The summed E-state index contributed by atoms with van der Waals surface area (Å²) in [7, 11) is 0. The van der Waals surface area contributed by atoms with Crippen LogP contribution >= 0.6 is 11.3 Å². The summed E-state index contributed by atoms with van der Waals surface area (Å²) >= 11 is 1.63. The number of carbonyl (C=O) groups is 1. The van der Waals surface area contributed by atoms with E-state index in [0.29, 0.717) is 11.4 Å². The van der Waals surface area contributed by atoms with Gasteiger partial charge in [-0.2, -0.15) is 11.3 Å². The van der Waals surface area contributed by atoms with Gasteiger partial charge in [0, 0.05) is 36.6 Å². The molecule has 5 heterocycles. The standard InChI is InChI=1S/C21H19N5O2S/c27-21-18(17-9-15(10-24-20(17)25-21)14-3-8-29-13-14)12-22-16-1-2-19(23-11-16)26-4-6-28-7-5-26/h1-3,8-13,22H,4-7H2,(H,24,25,27). The lowest BCUT2D eigenvalue weighted by Crippen LogP contribution is -2.36. The first-order valence-electron chi connectivity index (χ1n) is 9.38. The Bertz CT molecular complexity index is 1060. The molecule has 7 nitrogen and oxygen atoms in total. The second-order valence-corrected chi connectivity index (χ2v) is 7.57. The van der Waals surface area contributed by atoms with Gasteiger partial charge in [0.25, 0.3) is 5.91 Å². The van der Waals surface area contributed by atoms with Crippen LogP contribution in [-0.4, -0.2) is 42.2 Å². The predicted octanol–water partition coefficient (Wildman–Crippen LogP) is 3.45. The number of ether oxygens (including phenoxy) is 1. The third-order valence-electron chi connectivity index (χ3n) is 4.98. The lowest BCUT2D eigenvalue weighted by molar-refractivity contribution is -0.110. The molecule has 2 aliphatic rings. The number of pyridine rings is 2. The van der Waals surface area contributed by atoms with Gasteiger partial charge in [0.2, 0.25) is 0 Å². The minimum absolute atomic E-state index is 0.166. The minimum atomic E-state index is -0.166. The Kier molecular flexibility index (Phi) is 4.71. The Balaban J connectivity index is 1.36. The molecule has 8 heteroatoms. The maximum Gasteiger partial charge on any atom is 0.259 e. The number of carbonyl (C=O) groups excluding carboxylic acids is 1. The monoisotopic (exact) mass is 405 g/mol. The second kappa shape index (κ2) is 7.65. The molecule has 3 aromatic heterocycles. The summed E-state index contributed by atoms with van der Waals surface area (Å²) in [6, 6.07) is 7.98. The van der Waals surface area contributed by atoms with E-state index in [2.05, 4.69) is 30.9 Å². The topological polar surface area (TPSA) is 79.4 Å². The Morgan fingerprint density at radius 2 is 2.03 bits per heavy atom. The van der Waals surface area contributed by atoms with Crippen LogP contribution in [0.4, 0.5) is 17.3 Å². The molecule has 1 fully saturated rings. The van der Waals surface area contributed by atoms with Crippen LogP contribution in [0, 0.1) is 0 Å². The Morgan fingerprint density at radius 1 is 1.14 bits per heavy atom. The lowest BCUT2D eigenvalue weighted by Gasteiger charge is -2.27. The zero-order valence-electron chi connectivity index (χ0n) is 15.6. The quantitative estimate of drug-likeness (QED) is 0.648. The van der Waals surface area contributed by atoms with E-state index >= 15 is 0 Å². The molecule has 5 rings (SSSR count). The van der Waals surface area contributed by atoms with Crippen molar-refractivity contribution in [2.45, 2.75) is 0 Å². The van der Waals surface area contributed by atoms with Gasteiger partial charge in [0.15, 0.2) is 0 Å². The van der Waals surface area contributed by atoms with Crippen molar-refractivity contribution in [1.82, 2.24) is 9.97 Å². The Labute approximate surface area is 172 Å². The molecular formula is C21H19N5O2S. The van der Waals surface area contributed by atoms with Crippen LogP contribution in [0.25, 0.3) is 16.7 Å². The number of aromatic nitrogens is 2. The zero-order valence-corrected chi connectivity index (χ0v) is 16.4. The van der Waals surface area contributed by atoms with Gasteiger partial charge in [-0.15, -0.1) is 0 Å². The van der Waals surface area contributed by atoms with Crippen LogP contribution in [0.3, 0.4) is 0 Å². The highest BCUT2D eigenvalue weighted by molar-refractivity contribution is 7.08. The SMILES string of the molecule is O=C1Nc2ncc(-c3ccsc3)cc2C1=CNc1ccc(N2CCOCC2)nc1. The molecule has 146 valence electrons. The first kappa shape index (κ1) is 17.8. The molecule has 1 saturated heterocycles. The van der Waals surface area contributed by atoms with Gasteiger partial charge in [0.05, 0.1) is 30.7 Å². The highest BCUT2D eigenvalue weighted by Crippen LogP contribution is 2.34. The fraction of sp³-hybridized carbons (Fsp3) is 0.190. The van der Waals surface area contributed by atoms with Crippen LogP contribution in [0.5, 0.6) is 0 Å². The van der Waals surface area contributed by atoms with E-state index in [1.807, 2.05) is 29.6 Å². The fourth-order valence-corrected chi connectivity index (χ4v) is 4.07. The number of hydrogen-bond donors (Lipinski definition) is 2. The molecule has 0 atom stereocenters. The normalized spacial score (nSPS) is 17.3. The minimum Gasteiger partial charge on any atom is -0.378 e. The van der Waals surface area contributed by atoms with Gasteiger partial charge in [-0.1, -0.05) is 0 Å². The third kappa shape index (κ3) is 3.59. The molecule has 0 unspecified atom stereocenters. The summed E-state index contributed by atoms with van der Waals surface area (Å²) in [6.07, 6.45) is 5.27. The zero-order chi connectivity index (χ0) is 19.6. The van der Waals surface area contributed by atoms with Gasteiger partial charge in [-0.3, -0.25) is 4.79 Å². The van der Waals surface area contributed by atoms with Crippen molar-refractivity contribution in [3.8, 4) is 11.1 Å². The summed E-state index contributed by atoms with van der Waals surface area (Å²) < 4.78 is 5.38. The highest BCUT2D eigenvalue weighted by atomic mass is 32.1. The molecule has 0 saturated carbocycles. The van der Waals surface area contributed by atoms with Crippen molar-refractivity contribution < 1.29 is 9.53 Å². The van der Waals surface area contributed by atoms with Crippen LogP contribution < -0.4 is 15.5 Å². The number of morpholine rings is 1. The largest absolute Gasteiger partial charge is 0.378 e. The van der Waals surface area contributed by atoms with Crippen LogP contribution in [0.15, 0.2) is 53.6 Å². The maximum absolute atomic E-state index is 12.4. The number of nitrogens with zero attached hydrogens (tertiary/aromatic N) is 3. The summed E-state index contributed by atoms with van der Waals surface area (Å²) in [5.74, 6) is 1.35. The van der Waals surface area contributed by atoms with E-state index in [0.717, 1.165) is 54.5 Å². The molecule has 2 N–H and O–H groups in total. The van der Waals surface area contributed by atoms with Gasteiger partial charge in [0.1, 0.15) is 11.6 Å². The maximum atomic E-state index is 12.4. The second-order valence-electron chi connectivity index (χ2n) is 6.79. The fourth-order valence-electron chi connectivity index (χ4n) is 3.40. The molecule has 0 spiro atoms. The molecule has 0 radical (unpaired) electrons. The Hall–Kier alpha value is -3.23. The van der Waals surface area contributed by atoms with Crippen molar-refractivity contribution in [2.24, 2.45) is 0 Å². The van der Waals surface area contributed by atoms with E-state index in [1.54, 1.807) is 29.9 Å². The van der Waals surface area contributed by atoms with E-state index in [-0.39, 0.29) is 5.91 Å². The molecule has 3 aromatic rings. The molecule has 0 aromatic carbocycles.